The third kappa shape index (κ3) is 4.09. The summed E-state index contributed by atoms with van der Waals surface area (Å²) >= 11 is 0. The first-order valence-electron chi connectivity index (χ1n) is 10.2. The third-order valence-electron chi connectivity index (χ3n) is 5.54. The Hall–Kier alpha value is -2.94. The van der Waals surface area contributed by atoms with E-state index in [2.05, 4.69) is 25.2 Å². The molecule has 0 bridgehead atoms. The molecule has 1 saturated heterocycles. The first-order valence-corrected chi connectivity index (χ1v) is 10.2. The van der Waals surface area contributed by atoms with E-state index in [9.17, 15) is 0 Å². The van der Waals surface area contributed by atoms with E-state index in [4.69, 9.17) is 14.5 Å². The van der Waals surface area contributed by atoms with Gasteiger partial charge in [-0.05, 0) is 25.7 Å². The molecule has 5 rings (SSSR count). The molecule has 2 aliphatic rings. The standard InChI is InChI=1S/C20H25N7O2/c1-3-16(4-2-15(1)24-17-14-21-5-6-22-17)29-20-25-19(26-9-11-28-12-10-26)13-18-23-7-8-27(18)20/h5-8,13-16H,1-4,9-12H2,(H,22,24)/t15-,16+. The van der Waals surface area contributed by atoms with Crippen LogP contribution in [0, 0.1) is 0 Å². The summed E-state index contributed by atoms with van der Waals surface area (Å²) in [5, 5.41) is 3.46. The first-order chi connectivity index (χ1) is 14.3. The van der Waals surface area contributed by atoms with E-state index in [1.54, 1.807) is 24.8 Å². The Labute approximate surface area is 169 Å². The monoisotopic (exact) mass is 395 g/mol. The molecule has 0 unspecified atom stereocenters. The number of fused-ring (bicyclic) bond motifs is 1. The van der Waals surface area contributed by atoms with E-state index in [0.29, 0.717) is 12.1 Å². The summed E-state index contributed by atoms with van der Waals surface area (Å²) in [5.74, 6) is 1.73. The highest BCUT2D eigenvalue weighted by atomic mass is 16.5. The Morgan fingerprint density at radius 2 is 1.90 bits per heavy atom. The van der Waals surface area contributed by atoms with Crippen LogP contribution in [0.4, 0.5) is 11.6 Å². The highest BCUT2D eigenvalue weighted by Crippen LogP contribution is 2.27. The van der Waals surface area contributed by atoms with Crippen LogP contribution in [0.2, 0.25) is 0 Å². The molecule has 0 radical (unpaired) electrons. The van der Waals surface area contributed by atoms with E-state index in [0.717, 1.165) is 69.3 Å². The lowest BCUT2D eigenvalue weighted by Crippen LogP contribution is -2.37. The Bertz CT molecular complexity index is 934. The molecule has 3 aromatic rings. The zero-order chi connectivity index (χ0) is 19.5. The minimum absolute atomic E-state index is 0.146. The molecule has 0 aromatic carbocycles. The molecule has 0 spiro atoms. The van der Waals surface area contributed by atoms with Crippen LogP contribution in [0.15, 0.2) is 37.1 Å². The first kappa shape index (κ1) is 18.1. The minimum Gasteiger partial charge on any atom is -0.461 e. The summed E-state index contributed by atoms with van der Waals surface area (Å²) in [6, 6.07) is 3.03. The van der Waals surface area contributed by atoms with Crippen molar-refractivity contribution in [3.8, 4) is 6.01 Å². The number of ether oxygens (including phenoxy) is 2. The van der Waals surface area contributed by atoms with Crippen LogP contribution in [0.5, 0.6) is 6.01 Å². The minimum atomic E-state index is 0.146. The van der Waals surface area contributed by atoms with Gasteiger partial charge in [-0.3, -0.25) is 9.38 Å². The molecule has 1 N–H and O–H groups in total. The summed E-state index contributed by atoms with van der Waals surface area (Å²) in [6.45, 7) is 3.12. The molecule has 1 saturated carbocycles. The average molecular weight is 395 g/mol. The second-order valence-electron chi connectivity index (χ2n) is 7.48. The smallest absolute Gasteiger partial charge is 0.304 e. The van der Waals surface area contributed by atoms with Crippen LogP contribution in [0.1, 0.15) is 25.7 Å². The molecule has 4 heterocycles. The van der Waals surface area contributed by atoms with Crippen molar-refractivity contribution in [3.63, 3.8) is 0 Å². The van der Waals surface area contributed by atoms with Crippen LogP contribution in [-0.4, -0.2) is 62.8 Å². The maximum atomic E-state index is 6.36. The number of nitrogens with zero attached hydrogens (tertiary/aromatic N) is 6. The summed E-state index contributed by atoms with van der Waals surface area (Å²) in [4.78, 5) is 19.9. The molecule has 9 nitrogen and oxygen atoms in total. The Kier molecular flexibility index (Phi) is 5.12. The summed E-state index contributed by atoms with van der Waals surface area (Å²) in [6.07, 6.45) is 13.0. The number of imidazole rings is 1. The molecule has 152 valence electrons. The van der Waals surface area contributed by atoms with Crippen molar-refractivity contribution in [2.45, 2.75) is 37.8 Å². The number of rotatable bonds is 5. The van der Waals surface area contributed by atoms with Crippen LogP contribution in [0.25, 0.3) is 5.65 Å². The summed E-state index contributed by atoms with van der Waals surface area (Å²) in [7, 11) is 0. The van der Waals surface area contributed by atoms with Crippen molar-refractivity contribution in [2.75, 3.05) is 36.5 Å². The van der Waals surface area contributed by atoms with Gasteiger partial charge in [0, 0.05) is 50.0 Å². The zero-order valence-electron chi connectivity index (χ0n) is 16.3. The van der Waals surface area contributed by atoms with Crippen molar-refractivity contribution < 1.29 is 9.47 Å². The van der Waals surface area contributed by atoms with Gasteiger partial charge >= 0.3 is 6.01 Å². The van der Waals surface area contributed by atoms with Gasteiger partial charge in [-0.1, -0.05) is 0 Å². The van der Waals surface area contributed by atoms with Crippen molar-refractivity contribution in [1.82, 2.24) is 24.3 Å². The van der Waals surface area contributed by atoms with Crippen molar-refractivity contribution in [1.29, 1.82) is 0 Å². The van der Waals surface area contributed by atoms with Crippen molar-refractivity contribution in [3.05, 3.63) is 37.1 Å². The predicted molar refractivity (Wildman–Crippen MR) is 108 cm³/mol. The number of hydrogen-bond acceptors (Lipinski definition) is 8. The highest BCUT2D eigenvalue weighted by Gasteiger charge is 2.24. The maximum Gasteiger partial charge on any atom is 0.304 e. The van der Waals surface area contributed by atoms with Crippen LogP contribution in [-0.2, 0) is 4.74 Å². The number of aromatic nitrogens is 5. The van der Waals surface area contributed by atoms with Gasteiger partial charge in [-0.15, -0.1) is 0 Å². The van der Waals surface area contributed by atoms with Gasteiger partial charge in [0.15, 0.2) is 0 Å². The number of morpholine rings is 1. The van der Waals surface area contributed by atoms with E-state index >= 15 is 0 Å². The third-order valence-corrected chi connectivity index (χ3v) is 5.54. The molecule has 1 aliphatic carbocycles. The molecule has 0 atom stereocenters. The average Bonchev–Trinajstić information content (AvgIpc) is 3.26. The van der Waals surface area contributed by atoms with Gasteiger partial charge in [0.1, 0.15) is 23.4 Å². The van der Waals surface area contributed by atoms with Gasteiger partial charge in [-0.2, -0.15) is 4.98 Å². The van der Waals surface area contributed by atoms with E-state index in [-0.39, 0.29) is 6.10 Å². The Balaban J connectivity index is 1.26. The molecule has 2 fully saturated rings. The maximum absolute atomic E-state index is 6.36. The van der Waals surface area contributed by atoms with Crippen LogP contribution < -0.4 is 15.0 Å². The SMILES string of the molecule is c1cnc(N[C@H]2CC[C@@H](Oc3nc(N4CCOCC4)cc4nccn34)CC2)cn1. The molecule has 3 aromatic heterocycles. The normalized spacial score (nSPS) is 22.6. The van der Waals surface area contributed by atoms with Crippen molar-refractivity contribution in [2.24, 2.45) is 0 Å². The van der Waals surface area contributed by atoms with Crippen LogP contribution >= 0.6 is 0 Å². The topological polar surface area (TPSA) is 89.7 Å². The number of anilines is 2. The lowest BCUT2D eigenvalue weighted by atomic mass is 9.93. The summed E-state index contributed by atoms with van der Waals surface area (Å²) < 4.78 is 13.7. The highest BCUT2D eigenvalue weighted by molar-refractivity contribution is 5.53. The van der Waals surface area contributed by atoms with Gasteiger partial charge in [0.2, 0.25) is 0 Å². The summed E-state index contributed by atoms with van der Waals surface area (Å²) in [5.41, 5.74) is 0.856. The predicted octanol–water partition coefficient (Wildman–Crippen LogP) is 2.16. The number of hydrogen-bond donors (Lipinski definition) is 1. The van der Waals surface area contributed by atoms with E-state index in [1.165, 1.54) is 0 Å². The Morgan fingerprint density at radius 3 is 2.69 bits per heavy atom. The largest absolute Gasteiger partial charge is 0.461 e. The lowest BCUT2D eigenvalue weighted by molar-refractivity contribution is 0.121. The van der Waals surface area contributed by atoms with E-state index in [1.807, 2.05) is 16.7 Å². The molecule has 29 heavy (non-hydrogen) atoms. The van der Waals surface area contributed by atoms with Crippen LogP contribution in [0.3, 0.4) is 0 Å². The van der Waals surface area contributed by atoms with E-state index < -0.39 is 0 Å². The quantitative estimate of drug-likeness (QED) is 0.703. The fourth-order valence-corrected chi connectivity index (χ4v) is 3.98. The van der Waals surface area contributed by atoms with Gasteiger partial charge < -0.3 is 19.7 Å². The van der Waals surface area contributed by atoms with Gasteiger partial charge in [-0.25, -0.2) is 9.97 Å². The van der Waals surface area contributed by atoms with Gasteiger partial charge in [0.25, 0.3) is 0 Å². The number of nitrogens with one attached hydrogen (secondary N) is 1. The fraction of sp³-hybridized carbons (Fsp3) is 0.500. The van der Waals surface area contributed by atoms with Gasteiger partial charge in [0.05, 0.1) is 19.4 Å². The zero-order valence-corrected chi connectivity index (χ0v) is 16.3. The Morgan fingerprint density at radius 1 is 1.03 bits per heavy atom. The molecule has 0 amide bonds. The molecule has 1 aliphatic heterocycles. The fourth-order valence-electron chi connectivity index (χ4n) is 3.98. The second-order valence-corrected chi connectivity index (χ2v) is 7.48. The lowest BCUT2D eigenvalue weighted by Gasteiger charge is -2.30. The molecular weight excluding hydrogens is 370 g/mol. The molecular formula is C20H25N7O2. The van der Waals surface area contributed by atoms with Crippen molar-refractivity contribution >= 4 is 17.3 Å². The second kappa shape index (κ2) is 8.20. The molecule has 9 heteroatoms.